The van der Waals surface area contributed by atoms with Crippen molar-refractivity contribution in [2.24, 2.45) is 0 Å². The van der Waals surface area contributed by atoms with E-state index in [4.69, 9.17) is 0 Å². The van der Waals surface area contributed by atoms with Gasteiger partial charge in [0.1, 0.15) is 0 Å². The Morgan fingerprint density at radius 2 is 2.10 bits per heavy atom. The van der Waals surface area contributed by atoms with Crippen LogP contribution in [0, 0.1) is 6.92 Å². The quantitative estimate of drug-likeness (QED) is 0.728. The molecule has 0 unspecified atom stereocenters. The lowest BCUT2D eigenvalue weighted by Crippen LogP contribution is -2.12. The third-order valence-electron chi connectivity index (χ3n) is 4.42. The molecule has 0 fully saturated rings. The van der Waals surface area contributed by atoms with Crippen molar-refractivity contribution in [3.8, 4) is 0 Å². The lowest BCUT2D eigenvalue weighted by Gasteiger charge is -2.13. The summed E-state index contributed by atoms with van der Waals surface area (Å²) in [5.74, 6) is 0. The Balaban J connectivity index is 2.27. The molecule has 0 saturated heterocycles. The standard InChI is InChI=1S/C18H18N2O/c1-3-19-14-6-5-12-8-9-20-15-7-4-11(2)10-13(15)18(21)16(14)17(12)20/h4-7,10,19H,3,8-9H2,1-2H3. The van der Waals surface area contributed by atoms with E-state index in [-0.39, 0.29) is 5.43 Å². The van der Waals surface area contributed by atoms with Gasteiger partial charge in [0.25, 0.3) is 0 Å². The minimum atomic E-state index is 0.152. The number of aromatic nitrogens is 1. The summed E-state index contributed by atoms with van der Waals surface area (Å²) in [5.41, 5.74) is 5.71. The summed E-state index contributed by atoms with van der Waals surface area (Å²) in [5, 5.41) is 5.03. The molecule has 0 atom stereocenters. The zero-order valence-corrected chi connectivity index (χ0v) is 12.4. The van der Waals surface area contributed by atoms with Crippen LogP contribution >= 0.6 is 0 Å². The van der Waals surface area contributed by atoms with Crippen LogP contribution < -0.4 is 10.7 Å². The normalized spacial score (nSPS) is 13.2. The molecular weight excluding hydrogens is 260 g/mol. The van der Waals surface area contributed by atoms with Crippen LogP contribution in [0.1, 0.15) is 18.1 Å². The van der Waals surface area contributed by atoms with E-state index in [2.05, 4.69) is 41.1 Å². The summed E-state index contributed by atoms with van der Waals surface area (Å²) < 4.78 is 2.31. The second-order valence-corrected chi connectivity index (χ2v) is 5.78. The molecule has 3 heteroatoms. The molecule has 1 aliphatic heterocycles. The number of nitrogens with one attached hydrogen (secondary N) is 1. The van der Waals surface area contributed by atoms with Gasteiger partial charge in [0.15, 0.2) is 5.43 Å². The third kappa shape index (κ3) is 1.63. The monoisotopic (exact) mass is 278 g/mol. The first kappa shape index (κ1) is 12.5. The van der Waals surface area contributed by atoms with Crippen LogP contribution in [0.5, 0.6) is 0 Å². The van der Waals surface area contributed by atoms with E-state index >= 15 is 0 Å². The van der Waals surface area contributed by atoms with Gasteiger partial charge in [-0.1, -0.05) is 17.7 Å². The Bertz CT molecular complexity index is 937. The average molecular weight is 278 g/mol. The van der Waals surface area contributed by atoms with Crippen LogP contribution in [0.3, 0.4) is 0 Å². The molecule has 1 aliphatic rings. The maximum Gasteiger partial charge on any atom is 0.199 e. The van der Waals surface area contributed by atoms with Crippen molar-refractivity contribution >= 4 is 27.5 Å². The maximum atomic E-state index is 13.0. The van der Waals surface area contributed by atoms with Crippen molar-refractivity contribution in [3.05, 3.63) is 51.7 Å². The van der Waals surface area contributed by atoms with E-state index in [1.54, 1.807) is 0 Å². The zero-order valence-electron chi connectivity index (χ0n) is 12.4. The van der Waals surface area contributed by atoms with E-state index in [1.165, 1.54) is 5.56 Å². The molecule has 2 aromatic carbocycles. The number of aryl methyl sites for hydroxylation is 3. The molecule has 0 saturated carbocycles. The van der Waals surface area contributed by atoms with Gasteiger partial charge in [-0.05, 0) is 44.0 Å². The van der Waals surface area contributed by atoms with Gasteiger partial charge in [0, 0.05) is 24.2 Å². The summed E-state index contributed by atoms with van der Waals surface area (Å²) in [6.45, 7) is 5.87. The number of nitrogens with zero attached hydrogens (tertiary/aromatic N) is 1. The van der Waals surface area contributed by atoms with E-state index in [0.717, 1.165) is 52.6 Å². The van der Waals surface area contributed by atoms with Crippen LogP contribution in [0.15, 0.2) is 35.1 Å². The van der Waals surface area contributed by atoms with Gasteiger partial charge in [-0.15, -0.1) is 0 Å². The Morgan fingerprint density at radius 1 is 1.24 bits per heavy atom. The highest BCUT2D eigenvalue weighted by atomic mass is 16.1. The van der Waals surface area contributed by atoms with Crippen molar-refractivity contribution in [2.75, 3.05) is 11.9 Å². The molecule has 3 aromatic rings. The predicted molar refractivity (Wildman–Crippen MR) is 88.3 cm³/mol. The SMILES string of the molecule is CCNc1ccc2c3c1c(=O)c1cc(C)ccc1n3CC2. The largest absolute Gasteiger partial charge is 0.385 e. The summed E-state index contributed by atoms with van der Waals surface area (Å²) in [7, 11) is 0. The Labute approximate surface area is 123 Å². The molecule has 0 bridgehead atoms. The number of rotatable bonds is 2. The molecule has 0 radical (unpaired) electrons. The van der Waals surface area contributed by atoms with Gasteiger partial charge < -0.3 is 9.88 Å². The zero-order chi connectivity index (χ0) is 14.6. The number of benzene rings is 2. The Kier molecular flexibility index (Phi) is 2.58. The Hall–Kier alpha value is -2.29. The summed E-state index contributed by atoms with van der Waals surface area (Å²) in [6.07, 6.45) is 1.01. The van der Waals surface area contributed by atoms with Gasteiger partial charge in [-0.2, -0.15) is 0 Å². The highest BCUT2D eigenvalue weighted by molar-refractivity contribution is 6.02. The highest BCUT2D eigenvalue weighted by Crippen LogP contribution is 2.32. The van der Waals surface area contributed by atoms with Crippen LogP contribution in [0.25, 0.3) is 21.8 Å². The first-order valence-corrected chi connectivity index (χ1v) is 7.53. The van der Waals surface area contributed by atoms with E-state index in [0.29, 0.717) is 0 Å². The second kappa shape index (κ2) is 4.35. The molecular formula is C18H18N2O. The van der Waals surface area contributed by atoms with Crippen molar-refractivity contribution in [1.82, 2.24) is 4.57 Å². The van der Waals surface area contributed by atoms with Crippen LogP contribution in [-0.2, 0) is 13.0 Å². The first-order chi connectivity index (χ1) is 10.2. The van der Waals surface area contributed by atoms with Crippen LogP contribution in [0.4, 0.5) is 5.69 Å². The van der Waals surface area contributed by atoms with Crippen molar-refractivity contribution in [3.63, 3.8) is 0 Å². The second-order valence-electron chi connectivity index (χ2n) is 5.78. The molecule has 0 spiro atoms. The van der Waals surface area contributed by atoms with Crippen molar-refractivity contribution in [2.45, 2.75) is 26.8 Å². The minimum Gasteiger partial charge on any atom is -0.385 e. The smallest absolute Gasteiger partial charge is 0.199 e. The van der Waals surface area contributed by atoms with Crippen molar-refractivity contribution < 1.29 is 0 Å². The van der Waals surface area contributed by atoms with Crippen LogP contribution in [-0.4, -0.2) is 11.1 Å². The topological polar surface area (TPSA) is 34.0 Å². The van der Waals surface area contributed by atoms with Gasteiger partial charge >= 0.3 is 0 Å². The minimum absolute atomic E-state index is 0.152. The number of anilines is 1. The van der Waals surface area contributed by atoms with E-state index in [9.17, 15) is 4.79 Å². The van der Waals surface area contributed by atoms with E-state index < -0.39 is 0 Å². The molecule has 106 valence electrons. The number of hydrogen-bond acceptors (Lipinski definition) is 2. The number of pyridine rings is 1. The van der Waals surface area contributed by atoms with Crippen molar-refractivity contribution in [1.29, 1.82) is 0 Å². The third-order valence-corrected chi connectivity index (χ3v) is 4.42. The fraction of sp³-hybridized carbons (Fsp3) is 0.278. The summed E-state index contributed by atoms with van der Waals surface area (Å²) >= 11 is 0. The number of hydrogen-bond donors (Lipinski definition) is 1. The fourth-order valence-electron chi connectivity index (χ4n) is 3.50. The van der Waals surface area contributed by atoms with Gasteiger partial charge in [0.05, 0.1) is 16.4 Å². The average Bonchev–Trinajstić information content (AvgIpc) is 2.90. The lowest BCUT2D eigenvalue weighted by atomic mass is 10.0. The molecule has 2 heterocycles. The first-order valence-electron chi connectivity index (χ1n) is 7.53. The van der Waals surface area contributed by atoms with Gasteiger partial charge in [0.2, 0.25) is 0 Å². The van der Waals surface area contributed by atoms with Gasteiger partial charge in [-0.3, -0.25) is 4.79 Å². The molecule has 1 N–H and O–H groups in total. The van der Waals surface area contributed by atoms with Gasteiger partial charge in [-0.25, -0.2) is 0 Å². The lowest BCUT2D eigenvalue weighted by molar-refractivity contribution is 0.793. The molecule has 1 aromatic heterocycles. The molecule has 0 amide bonds. The molecule has 0 aliphatic carbocycles. The van der Waals surface area contributed by atoms with E-state index in [1.807, 2.05) is 13.0 Å². The molecule has 21 heavy (non-hydrogen) atoms. The fourth-order valence-corrected chi connectivity index (χ4v) is 3.50. The summed E-state index contributed by atoms with van der Waals surface area (Å²) in [4.78, 5) is 13.0. The number of fused-ring (bicyclic) bond motifs is 2. The highest BCUT2D eigenvalue weighted by Gasteiger charge is 2.20. The Morgan fingerprint density at radius 3 is 2.90 bits per heavy atom. The maximum absolute atomic E-state index is 13.0. The van der Waals surface area contributed by atoms with Crippen LogP contribution in [0.2, 0.25) is 0 Å². The molecule has 3 nitrogen and oxygen atoms in total. The molecule has 4 rings (SSSR count). The predicted octanol–water partition coefficient (Wildman–Crippen LogP) is 3.45. The summed E-state index contributed by atoms with van der Waals surface area (Å²) in [6, 6.07) is 10.4.